The average Bonchev–Trinajstić information content (AvgIpc) is 2.83. The van der Waals surface area contributed by atoms with Crippen molar-refractivity contribution in [1.29, 1.82) is 0 Å². The number of nitrogens with one attached hydrogen (secondary N) is 1. The van der Waals surface area contributed by atoms with Crippen LogP contribution in [0.15, 0.2) is 35.4 Å². The molecule has 0 aromatic carbocycles. The lowest BCUT2D eigenvalue weighted by atomic mass is 10.0. The molecule has 0 spiro atoms. The second kappa shape index (κ2) is 9.49. The lowest BCUT2D eigenvalue weighted by molar-refractivity contribution is 0.170. The lowest BCUT2D eigenvalue weighted by Gasteiger charge is -2.32. The number of aromatic nitrogens is 3. The second-order valence-electron chi connectivity index (χ2n) is 9.01. The zero-order chi connectivity index (χ0) is 22.8. The van der Waals surface area contributed by atoms with E-state index in [2.05, 4.69) is 26.3 Å². The fraction of sp³-hybridized carbons (Fsp3) is 0.480. The van der Waals surface area contributed by atoms with E-state index < -0.39 is 0 Å². The summed E-state index contributed by atoms with van der Waals surface area (Å²) < 4.78 is 13.1. The van der Waals surface area contributed by atoms with Gasteiger partial charge in [-0.05, 0) is 57.0 Å². The Labute approximate surface area is 193 Å². The number of likely N-dealkylation sites (tertiary alicyclic amines) is 1. The molecule has 0 saturated carbocycles. The van der Waals surface area contributed by atoms with Crippen molar-refractivity contribution in [2.24, 2.45) is 0 Å². The van der Waals surface area contributed by atoms with E-state index in [0.717, 1.165) is 78.4 Å². The van der Waals surface area contributed by atoms with Crippen LogP contribution in [-0.4, -0.2) is 58.3 Å². The molecule has 8 heteroatoms. The smallest absolute Gasteiger partial charge is 0.251 e. The van der Waals surface area contributed by atoms with Crippen LogP contribution in [0, 0.1) is 13.8 Å². The summed E-state index contributed by atoms with van der Waals surface area (Å²) in [6.45, 7) is 9.43. The highest BCUT2D eigenvalue weighted by Gasteiger charge is 2.20. The summed E-state index contributed by atoms with van der Waals surface area (Å²) in [5.41, 5.74) is 4.87. The molecule has 33 heavy (non-hydrogen) atoms. The first-order valence-corrected chi connectivity index (χ1v) is 11.7. The van der Waals surface area contributed by atoms with E-state index in [1.54, 1.807) is 12.3 Å². The fourth-order valence-corrected chi connectivity index (χ4v) is 4.68. The molecule has 3 aromatic heterocycles. The molecule has 174 valence electrons. The predicted molar refractivity (Wildman–Crippen MR) is 127 cm³/mol. The highest BCUT2D eigenvalue weighted by atomic mass is 16.6. The first kappa shape index (κ1) is 21.9. The molecule has 3 aromatic rings. The van der Waals surface area contributed by atoms with Gasteiger partial charge in [-0.3, -0.25) is 14.8 Å². The third-order valence-electron chi connectivity index (χ3n) is 6.56. The Morgan fingerprint density at radius 1 is 1.00 bits per heavy atom. The Hall–Kier alpha value is -2.97. The van der Waals surface area contributed by atoms with Gasteiger partial charge in [0, 0.05) is 44.0 Å². The van der Waals surface area contributed by atoms with Crippen LogP contribution in [0.3, 0.4) is 0 Å². The summed E-state index contributed by atoms with van der Waals surface area (Å²) in [7, 11) is 0. The minimum atomic E-state index is 0.0517. The topological polar surface area (TPSA) is 81.5 Å². The highest BCUT2D eigenvalue weighted by molar-refractivity contribution is 5.78. The van der Waals surface area contributed by atoms with Crippen molar-refractivity contribution in [3.63, 3.8) is 0 Å². The number of pyridine rings is 3. The van der Waals surface area contributed by atoms with Crippen molar-refractivity contribution in [1.82, 2.24) is 24.8 Å². The summed E-state index contributed by atoms with van der Waals surface area (Å²) in [4.78, 5) is 24.2. The first-order chi connectivity index (χ1) is 16.1. The molecule has 1 saturated heterocycles. The maximum Gasteiger partial charge on any atom is 0.251 e. The monoisotopic (exact) mass is 449 g/mol. The van der Waals surface area contributed by atoms with Crippen LogP contribution in [0.25, 0.3) is 11.0 Å². The maximum atomic E-state index is 12.7. The van der Waals surface area contributed by atoms with Crippen LogP contribution in [-0.2, 0) is 13.1 Å². The molecule has 0 bridgehead atoms. The van der Waals surface area contributed by atoms with E-state index in [0.29, 0.717) is 25.8 Å². The molecule has 0 amide bonds. The molecular weight excluding hydrogens is 418 g/mol. The second-order valence-corrected chi connectivity index (χ2v) is 9.01. The minimum absolute atomic E-state index is 0.0517. The maximum absolute atomic E-state index is 12.7. The summed E-state index contributed by atoms with van der Waals surface area (Å²) in [6.07, 6.45) is 5.77. The summed E-state index contributed by atoms with van der Waals surface area (Å²) in [5, 5.41) is 3.64. The molecule has 1 N–H and O–H groups in total. The van der Waals surface area contributed by atoms with Gasteiger partial charge in [0.05, 0.1) is 22.9 Å². The highest BCUT2D eigenvalue weighted by Crippen LogP contribution is 2.29. The molecule has 2 aliphatic heterocycles. The van der Waals surface area contributed by atoms with Gasteiger partial charge >= 0.3 is 0 Å². The van der Waals surface area contributed by atoms with Crippen molar-refractivity contribution < 1.29 is 9.47 Å². The Bertz CT molecular complexity index is 1200. The van der Waals surface area contributed by atoms with Crippen LogP contribution in [0.2, 0.25) is 0 Å². The number of hydrogen-bond acceptors (Lipinski definition) is 7. The molecule has 0 radical (unpaired) electrons. The molecular formula is C25H31N5O3. The SMILES string of the molecule is Cc1cnc2c(C)cc(=O)n(CCN3CCC(NCc4cc5c(cn4)OCCO5)CC3)c2c1. The van der Waals surface area contributed by atoms with Crippen LogP contribution in [0.5, 0.6) is 11.5 Å². The van der Waals surface area contributed by atoms with E-state index in [4.69, 9.17) is 9.47 Å². The van der Waals surface area contributed by atoms with Gasteiger partial charge in [0.25, 0.3) is 5.56 Å². The van der Waals surface area contributed by atoms with Gasteiger partial charge in [-0.1, -0.05) is 0 Å². The Morgan fingerprint density at radius 3 is 2.61 bits per heavy atom. The molecule has 5 heterocycles. The normalized spacial score (nSPS) is 16.9. The average molecular weight is 450 g/mol. The van der Waals surface area contributed by atoms with Gasteiger partial charge in [-0.2, -0.15) is 0 Å². The van der Waals surface area contributed by atoms with Crippen LogP contribution < -0.4 is 20.3 Å². The summed E-state index contributed by atoms with van der Waals surface area (Å²) >= 11 is 0. The number of hydrogen-bond donors (Lipinski definition) is 1. The van der Waals surface area contributed by atoms with E-state index in [9.17, 15) is 4.79 Å². The predicted octanol–water partition coefficient (Wildman–Crippen LogP) is 2.43. The van der Waals surface area contributed by atoms with Crippen LogP contribution in [0.1, 0.15) is 29.7 Å². The largest absolute Gasteiger partial charge is 0.486 e. The van der Waals surface area contributed by atoms with Gasteiger partial charge in [-0.15, -0.1) is 0 Å². The van der Waals surface area contributed by atoms with E-state index in [-0.39, 0.29) is 5.56 Å². The molecule has 8 nitrogen and oxygen atoms in total. The number of aryl methyl sites for hydroxylation is 2. The number of ether oxygens (including phenoxy) is 2. The van der Waals surface area contributed by atoms with Crippen LogP contribution in [0.4, 0.5) is 0 Å². The van der Waals surface area contributed by atoms with E-state index in [1.807, 2.05) is 30.7 Å². The number of piperidine rings is 1. The quantitative estimate of drug-likeness (QED) is 0.619. The lowest BCUT2D eigenvalue weighted by Crippen LogP contribution is -2.43. The third-order valence-corrected chi connectivity index (χ3v) is 6.56. The minimum Gasteiger partial charge on any atom is -0.486 e. The molecule has 2 aliphatic rings. The zero-order valence-corrected chi connectivity index (χ0v) is 19.3. The molecule has 5 rings (SSSR count). The first-order valence-electron chi connectivity index (χ1n) is 11.7. The zero-order valence-electron chi connectivity index (χ0n) is 19.3. The summed E-state index contributed by atoms with van der Waals surface area (Å²) in [6, 6.07) is 6.20. The Balaban J connectivity index is 1.14. The molecule has 0 aliphatic carbocycles. The molecule has 0 atom stereocenters. The fourth-order valence-electron chi connectivity index (χ4n) is 4.68. The molecule has 1 fully saturated rings. The number of rotatable bonds is 6. The van der Waals surface area contributed by atoms with Crippen molar-refractivity contribution in [3.05, 3.63) is 57.8 Å². The van der Waals surface area contributed by atoms with Crippen LogP contribution >= 0.6 is 0 Å². The molecule has 0 unspecified atom stereocenters. The third kappa shape index (κ3) is 4.86. The number of fused-ring (bicyclic) bond motifs is 2. The number of nitrogens with zero attached hydrogens (tertiary/aromatic N) is 4. The summed E-state index contributed by atoms with van der Waals surface area (Å²) in [5.74, 6) is 1.51. The Morgan fingerprint density at radius 2 is 1.79 bits per heavy atom. The van der Waals surface area contributed by atoms with Gasteiger partial charge in [0.2, 0.25) is 0 Å². The van der Waals surface area contributed by atoms with Crippen molar-refractivity contribution in [2.75, 3.05) is 32.8 Å². The standard InChI is InChI=1S/C25H31N5O3/c1-17-11-21-25(28-14-17)18(2)12-24(31)30(21)8-7-29-5-3-19(4-6-29)26-15-20-13-22-23(16-27-20)33-10-9-32-22/h11-14,16,19,26H,3-10,15H2,1-2H3. The van der Waals surface area contributed by atoms with Gasteiger partial charge in [-0.25, -0.2) is 0 Å². The van der Waals surface area contributed by atoms with Gasteiger partial charge in [0.1, 0.15) is 13.2 Å². The van der Waals surface area contributed by atoms with Gasteiger partial charge < -0.3 is 24.3 Å². The van der Waals surface area contributed by atoms with E-state index in [1.165, 1.54) is 0 Å². The Kier molecular flexibility index (Phi) is 6.28. The van der Waals surface area contributed by atoms with Crippen molar-refractivity contribution in [2.45, 2.75) is 45.8 Å². The van der Waals surface area contributed by atoms with Crippen molar-refractivity contribution >= 4 is 11.0 Å². The van der Waals surface area contributed by atoms with Crippen molar-refractivity contribution in [3.8, 4) is 11.5 Å². The van der Waals surface area contributed by atoms with Gasteiger partial charge in [0.15, 0.2) is 11.5 Å². The van der Waals surface area contributed by atoms with E-state index >= 15 is 0 Å².